The van der Waals surface area contributed by atoms with Crippen molar-refractivity contribution in [1.82, 2.24) is 10.3 Å². The highest BCUT2D eigenvalue weighted by molar-refractivity contribution is 5.75. The van der Waals surface area contributed by atoms with E-state index in [1.165, 1.54) is 12.8 Å². The number of unbranched alkanes of at least 4 members (excludes halogenated alkanes) is 2. The molecule has 0 spiro atoms. The number of rotatable bonds is 7. The molecule has 0 aliphatic carbocycles. The summed E-state index contributed by atoms with van der Waals surface area (Å²) in [4.78, 5) is 18.4. The predicted octanol–water partition coefficient (Wildman–Crippen LogP) is 2.88. The Kier molecular flexibility index (Phi) is 5.84. The number of anilines is 1. The van der Waals surface area contributed by atoms with Crippen molar-refractivity contribution < 1.29 is 4.79 Å². The largest absolute Gasteiger partial charge is 0.357 e. The van der Waals surface area contributed by atoms with Crippen LogP contribution in [0.2, 0.25) is 0 Å². The van der Waals surface area contributed by atoms with Crippen LogP contribution in [0, 0.1) is 0 Å². The lowest BCUT2D eigenvalue weighted by Gasteiger charge is -2.17. The van der Waals surface area contributed by atoms with Gasteiger partial charge in [0, 0.05) is 32.3 Å². The van der Waals surface area contributed by atoms with Gasteiger partial charge in [-0.1, -0.05) is 19.8 Å². The van der Waals surface area contributed by atoms with Crippen molar-refractivity contribution in [3.63, 3.8) is 0 Å². The van der Waals surface area contributed by atoms with E-state index in [-0.39, 0.29) is 5.91 Å². The molecule has 4 heteroatoms. The molecule has 0 radical (unpaired) electrons. The molecule has 4 nitrogen and oxygen atoms in total. The van der Waals surface area contributed by atoms with E-state index in [4.69, 9.17) is 0 Å². The number of nitrogens with one attached hydrogen (secondary N) is 1. The quantitative estimate of drug-likeness (QED) is 0.778. The van der Waals surface area contributed by atoms with Gasteiger partial charge >= 0.3 is 0 Å². The molecule has 0 aromatic carbocycles. The Hall–Kier alpha value is -1.58. The van der Waals surface area contributed by atoms with Crippen LogP contribution < -0.4 is 10.2 Å². The fourth-order valence-corrected chi connectivity index (χ4v) is 2.51. The average Bonchev–Trinajstić information content (AvgIpc) is 3.00. The molecule has 0 bridgehead atoms. The normalized spacial score (nSPS) is 14.6. The van der Waals surface area contributed by atoms with E-state index in [0.717, 1.165) is 43.7 Å². The lowest BCUT2D eigenvalue weighted by Crippen LogP contribution is -2.23. The van der Waals surface area contributed by atoms with Crippen LogP contribution in [0.4, 0.5) is 5.82 Å². The summed E-state index contributed by atoms with van der Waals surface area (Å²) in [5.74, 6) is 1.19. The summed E-state index contributed by atoms with van der Waals surface area (Å²) < 4.78 is 0. The highest BCUT2D eigenvalue weighted by atomic mass is 16.1. The predicted molar refractivity (Wildman–Crippen MR) is 81.7 cm³/mol. The second kappa shape index (κ2) is 7.88. The van der Waals surface area contributed by atoms with Gasteiger partial charge in [0.1, 0.15) is 5.82 Å². The molecule has 1 aromatic heterocycles. The Bertz CT molecular complexity index is 427. The summed E-state index contributed by atoms with van der Waals surface area (Å²) in [6, 6.07) is 4.07. The molecule has 1 aromatic rings. The topological polar surface area (TPSA) is 45.2 Å². The molecule has 1 N–H and O–H groups in total. The Morgan fingerprint density at radius 2 is 2.15 bits per heavy atom. The maximum atomic E-state index is 11.7. The summed E-state index contributed by atoms with van der Waals surface area (Å²) >= 11 is 0. The molecular weight excluding hydrogens is 250 g/mol. The number of amides is 1. The van der Waals surface area contributed by atoms with Gasteiger partial charge in [-0.2, -0.15) is 0 Å². The van der Waals surface area contributed by atoms with Gasteiger partial charge in [0.2, 0.25) is 5.91 Å². The van der Waals surface area contributed by atoms with Crippen LogP contribution in [-0.4, -0.2) is 24.0 Å². The Balaban J connectivity index is 1.80. The zero-order valence-corrected chi connectivity index (χ0v) is 12.4. The van der Waals surface area contributed by atoms with E-state index < -0.39 is 0 Å². The van der Waals surface area contributed by atoms with E-state index in [2.05, 4.69) is 28.2 Å². The second-order valence-electron chi connectivity index (χ2n) is 5.45. The van der Waals surface area contributed by atoms with Crippen molar-refractivity contribution in [1.29, 1.82) is 0 Å². The highest BCUT2D eigenvalue weighted by Gasteiger charge is 2.13. The Labute approximate surface area is 121 Å². The minimum Gasteiger partial charge on any atom is -0.357 e. The zero-order chi connectivity index (χ0) is 14.2. The Morgan fingerprint density at radius 1 is 1.35 bits per heavy atom. The summed E-state index contributed by atoms with van der Waals surface area (Å²) in [6.07, 6.45) is 8.24. The van der Waals surface area contributed by atoms with Gasteiger partial charge in [0.25, 0.3) is 0 Å². The van der Waals surface area contributed by atoms with Crippen LogP contribution in [0.25, 0.3) is 0 Å². The van der Waals surface area contributed by atoms with Crippen LogP contribution in [-0.2, 0) is 11.3 Å². The van der Waals surface area contributed by atoms with Gasteiger partial charge in [-0.25, -0.2) is 4.98 Å². The molecule has 1 amide bonds. The van der Waals surface area contributed by atoms with Crippen molar-refractivity contribution in [3.05, 3.63) is 23.9 Å². The summed E-state index contributed by atoms with van der Waals surface area (Å²) in [6.45, 7) is 4.95. The van der Waals surface area contributed by atoms with E-state index in [1.54, 1.807) is 0 Å². The first-order chi connectivity index (χ1) is 9.79. The molecule has 2 heterocycles. The highest BCUT2D eigenvalue weighted by Crippen LogP contribution is 2.18. The number of pyridine rings is 1. The van der Waals surface area contributed by atoms with Crippen LogP contribution in [0.1, 0.15) is 51.0 Å². The number of hydrogen-bond acceptors (Lipinski definition) is 3. The smallest absolute Gasteiger partial charge is 0.220 e. The van der Waals surface area contributed by atoms with E-state index in [1.807, 2.05) is 12.3 Å². The van der Waals surface area contributed by atoms with Gasteiger partial charge in [-0.3, -0.25) is 4.79 Å². The molecule has 1 aliphatic rings. The van der Waals surface area contributed by atoms with Gasteiger partial charge in [-0.15, -0.1) is 0 Å². The van der Waals surface area contributed by atoms with E-state index >= 15 is 0 Å². The standard InChI is InChI=1S/C16H25N3O/c1-2-3-4-7-16(20)18-13-14-8-9-17-15(12-14)19-10-5-6-11-19/h8-9,12H,2-7,10-11,13H2,1H3,(H,18,20). The molecule has 1 saturated heterocycles. The maximum Gasteiger partial charge on any atom is 0.220 e. The van der Waals surface area contributed by atoms with Crippen molar-refractivity contribution in [2.45, 2.75) is 52.0 Å². The second-order valence-corrected chi connectivity index (χ2v) is 5.45. The zero-order valence-electron chi connectivity index (χ0n) is 12.4. The monoisotopic (exact) mass is 275 g/mol. The number of carbonyl (C=O) groups excluding carboxylic acids is 1. The lowest BCUT2D eigenvalue weighted by atomic mass is 10.2. The first kappa shape index (κ1) is 14.8. The molecule has 0 saturated carbocycles. The lowest BCUT2D eigenvalue weighted by molar-refractivity contribution is -0.121. The number of hydrogen-bond donors (Lipinski definition) is 1. The Morgan fingerprint density at radius 3 is 2.90 bits per heavy atom. The van der Waals surface area contributed by atoms with Crippen molar-refractivity contribution in [2.24, 2.45) is 0 Å². The van der Waals surface area contributed by atoms with Crippen LogP contribution in [0.15, 0.2) is 18.3 Å². The molecule has 20 heavy (non-hydrogen) atoms. The summed E-state index contributed by atoms with van der Waals surface area (Å²) in [7, 11) is 0. The minimum absolute atomic E-state index is 0.151. The molecule has 0 atom stereocenters. The fraction of sp³-hybridized carbons (Fsp3) is 0.625. The first-order valence-electron chi connectivity index (χ1n) is 7.76. The average molecular weight is 275 g/mol. The molecule has 1 aliphatic heterocycles. The number of carbonyl (C=O) groups is 1. The fourth-order valence-electron chi connectivity index (χ4n) is 2.51. The SMILES string of the molecule is CCCCCC(=O)NCc1ccnc(N2CCCC2)c1. The van der Waals surface area contributed by atoms with Crippen molar-refractivity contribution >= 4 is 11.7 Å². The van der Waals surface area contributed by atoms with Crippen LogP contribution >= 0.6 is 0 Å². The molecular formula is C16H25N3O. The minimum atomic E-state index is 0.151. The van der Waals surface area contributed by atoms with Gasteiger partial charge in [0.15, 0.2) is 0 Å². The third-order valence-corrected chi connectivity index (χ3v) is 3.74. The van der Waals surface area contributed by atoms with Gasteiger partial charge < -0.3 is 10.2 Å². The third kappa shape index (κ3) is 4.51. The number of aromatic nitrogens is 1. The van der Waals surface area contributed by atoms with Gasteiger partial charge in [-0.05, 0) is 37.0 Å². The summed E-state index contributed by atoms with van der Waals surface area (Å²) in [5.41, 5.74) is 1.13. The van der Waals surface area contributed by atoms with E-state index in [0.29, 0.717) is 13.0 Å². The van der Waals surface area contributed by atoms with Crippen LogP contribution in [0.3, 0.4) is 0 Å². The van der Waals surface area contributed by atoms with Crippen molar-refractivity contribution in [3.8, 4) is 0 Å². The number of nitrogens with zero attached hydrogens (tertiary/aromatic N) is 2. The van der Waals surface area contributed by atoms with E-state index in [9.17, 15) is 4.79 Å². The molecule has 1 fully saturated rings. The molecule has 110 valence electrons. The first-order valence-corrected chi connectivity index (χ1v) is 7.76. The summed E-state index contributed by atoms with van der Waals surface area (Å²) in [5, 5.41) is 2.99. The molecule has 2 rings (SSSR count). The molecule has 0 unspecified atom stereocenters. The maximum absolute atomic E-state index is 11.7. The van der Waals surface area contributed by atoms with Gasteiger partial charge in [0.05, 0.1) is 0 Å². The van der Waals surface area contributed by atoms with Crippen molar-refractivity contribution in [2.75, 3.05) is 18.0 Å². The van der Waals surface area contributed by atoms with Crippen LogP contribution in [0.5, 0.6) is 0 Å². The third-order valence-electron chi connectivity index (χ3n) is 3.74.